The molecule has 0 atom stereocenters. The smallest absolute Gasteiger partial charge is 0.245 e. The summed E-state index contributed by atoms with van der Waals surface area (Å²) in [5.74, 6) is 0.603. The summed E-state index contributed by atoms with van der Waals surface area (Å²) in [6, 6.07) is 6.66. The van der Waals surface area contributed by atoms with Crippen molar-refractivity contribution in [2.75, 3.05) is 43.1 Å². The van der Waals surface area contributed by atoms with Gasteiger partial charge in [0.25, 0.3) is 0 Å². The third kappa shape index (κ3) is 3.18. The molecule has 2 aliphatic rings. The number of ether oxygens (including phenoxy) is 1. The Morgan fingerprint density at radius 1 is 1.08 bits per heavy atom. The van der Waals surface area contributed by atoms with Crippen LogP contribution in [0.4, 0.5) is 16.0 Å². The molecule has 1 saturated heterocycles. The molecule has 0 bridgehead atoms. The third-order valence-electron chi connectivity index (χ3n) is 5.40. The second-order valence-corrected chi connectivity index (χ2v) is 6.83. The SMILES string of the molecule is COC1(Cn2nnnc2N2CCN(c3ccc(F)cc3)CC2)CCC1. The molecule has 1 aliphatic heterocycles. The average molecular weight is 346 g/mol. The van der Waals surface area contributed by atoms with Crippen molar-refractivity contribution in [2.24, 2.45) is 0 Å². The number of nitrogens with zero attached hydrogens (tertiary/aromatic N) is 6. The average Bonchev–Trinajstić information content (AvgIpc) is 3.07. The first kappa shape index (κ1) is 16.3. The summed E-state index contributed by atoms with van der Waals surface area (Å²) in [5.41, 5.74) is 0.938. The molecule has 8 heteroatoms. The highest BCUT2D eigenvalue weighted by molar-refractivity contribution is 5.48. The van der Waals surface area contributed by atoms with Crippen molar-refractivity contribution in [3.63, 3.8) is 0 Å². The van der Waals surface area contributed by atoms with Crippen molar-refractivity contribution in [2.45, 2.75) is 31.4 Å². The molecule has 7 nitrogen and oxygen atoms in total. The molecule has 2 aromatic rings. The van der Waals surface area contributed by atoms with Crippen molar-refractivity contribution in [1.29, 1.82) is 0 Å². The Bertz CT molecular complexity index is 701. The monoisotopic (exact) mass is 346 g/mol. The molecule has 2 heterocycles. The number of methoxy groups -OCH3 is 1. The number of piperazine rings is 1. The first-order chi connectivity index (χ1) is 12.2. The number of aromatic nitrogens is 4. The molecule has 2 fully saturated rings. The standard InChI is InChI=1S/C17H23FN6O/c1-25-17(7-2-8-17)13-24-16(19-20-21-24)23-11-9-22(10-12-23)15-5-3-14(18)4-6-15/h3-6H,2,7-13H2,1H3. The molecule has 4 rings (SSSR count). The lowest BCUT2D eigenvalue weighted by Gasteiger charge is -2.41. The molecule has 134 valence electrons. The van der Waals surface area contributed by atoms with Crippen LogP contribution in [0, 0.1) is 5.82 Å². The van der Waals surface area contributed by atoms with Crippen molar-refractivity contribution in [1.82, 2.24) is 20.2 Å². The van der Waals surface area contributed by atoms with Gasteiger partial charge >= 0.3 is 0 Å². The van der Waals surface area contributed by atoms with E-state index >= 15 is 0 Å². The molecule has 0 N–H and O–H groups in total. The third-order valence-corrected chi connectivity index (χ3v) is 5.40. The van der Waals surface area contributed by atoms with Crippen LogP contribution in [0.3, 0.4) is 0 Å². The van der Waals surface area contributed by atoms with Crippen molar-refractivity contribution < 1.29 is 9.13 Å². The Labute approximate surface area is 146 Å². The zero-order valence-electron chi connectivity index (χ0n) is 14.4. The predicted molar refractivity (Wildman–Crippen MR) is 92.2 cm³/mol. The van der Waals surface area contributed by atoms with Gasteiger partial charge in [0.05, 0.1) is 12.1 Å². The fraction of sp³-hybridized carbons (Fsp3) is 0.588. The van der Waals surface area contributed by atoms with Gasteiger partial charge in [0.2, 0.25) is 5.95 Å². The zero-order chi connectivity index (χ0) is 17.3. The van der Waals surface area contributed by atoms with Crippen LogP contribution in [-0.2, 0) is 11.3 Å². The summed E-state index contributed by atoms with van der Waals surface area (Å²) < 4.78 is 20.7. The van der Waals surface area contributed by atoms with Crippen molar-refractivity contribution >= 4 is 11.6 Å². The van der Waals surface area contributed by atoms with E-state index in [9.17, 15) is 4.39 Å². The van der Waals surface area contributed by atoms with Gasteiger partial charge in [-0.1, -0.05) is 5.10 Å². The van der Waals surface area contributed by atoms with Gasteiger partial charge in [-0.3, -0.25) is 0 Å². The Hall–Kier alpha value is -2.22. The number of hydrogen-bond acceptors (Lipinski definition) is 6. The lowest BCUT2D eigenvalue weighted by molar-refractivity contribution is -0.0855. The van der Waals surface area contributed by atoms with Gasteiger partial charge in [-0.05, 0) is 54.0 Å². The molecular weight excluding hydrogens is 323 g/mol. The summed E-state index contributed by atoms with van der Waals surface area (Å²) in [4.78, 5) is 4.47. The van der Waals surface area contributed by atoms with Crippen molar-refractivity contribution in [3.8, 4) is 0 Å². The van der Waals surface area contributed by atoms with Gasteiger partial charge in [-0.15, -0.1) is 0 Å². The number of benzene rings is 1. The van der Waals surface area contributed by atoms with Gasteiger partial charge in [0, 0.05) is 39.0 Å². The molecule has 1 aromatic heterocycles. The van der Waals surface area contributed by atoms with E-state index in [2.05, 4.69) is 25.3 Å². The maximum absolute atomic E-state index is 13.1. The van der Waals surface area contributed by atoms with Crippen LogP contribution in [0.2, 0.25) is 0 Å². The molecule has 25 heavy (non-hydrogen) atoms. The van der Waals surface area contributed by atoms with Gasteiger partial charge < -0.3 is 14.5 Å². The molecule has 1 aromatic carbocycles. The van der Waals surface area contributed by atoms with E-state index in [-0.39, 0.29) is 11.4 Å². The fourth-order valence-corrected chi connectivity index (χ4v) is 3.62. The summed E-state index contributed by atoms with van der Waals surface area (Å²) in [6.07, 6.45) is 3.31. The highest BCUT2D eigenvalue weighted by Gasteiger charge is 2.39. The van der Waals surface area contributed by atoms with Crippen molar-refractivity contribution in [3.05, 3.63) is 30.1 Å². The van der Waals surface area contributed by atoms with Crippen LogP contribution in [0.5, 0.6) is 0 Å². The fourth-order valence-electron chi connectivity index (χ4n) is 3.62. The van der Waals surface area contributed by atoms with E-state index in [1.165, 1.54) is 18.6 Å². The Kier molecular flexibility index (Phi) is 4.29. The topological polar surface area (TPSA) is 59.3 Å². The van der Waals surface area contributed by atoms with Gasteiger partial charge in [0.15, 0.2) is 0 Å². The highest BCUT2D eigenvalue weighted by Crippen LogP contribution is 2.37. The van der Waals surface area contributed by atoms with Gasteiger partial charge in [-0.2, -0.15) is 0 Å². The summed E-state index contributed by atoms with van der Waals surface area (Å²) in [7, 11) is 1.77. The van der Waals surface area contributed by atoms with Crippen LogP contribution in [0.25, 0.3) is 0 Å². The molecule has 1 aliphatic carbocycles. The molecule has 0 spiro atoms. The van der Waals surface area contributed by atoms with E-state index in [0.717, 1.165) is 50.7 Å². The minimum atomic E-state index is -0.204. The first-order valence-corrected chi connectivity index (χ1v) is 8.76. The van der Waals surface area contributed by atoms with E-state index < -0.39 is 0 Å². The van der Waals surface area contributed by atoms with E-state index in [0.29, 0.717) is 6.54 Å². The second-order valence-electron chi connectivity index (χ2n) is 6.83. The Morgan fingerprint density at radius 2 is 1.76 bits per heavy atom. The number of rotatable bonds is 5. The predicted octanol–water partition coefficient (Wildman–Crippen LogP) is 1.71. The minimum absolute atomic E-state index is 0.111. The Morgan fingerprint density at radius 3 is 2.36 bits per heavy atom. The quantitative estimate of drug-likeness (QED) is 0.821. The van der Waals surface area contributed by atoms with E-state index in [4.69, 9.17) is 4.74 Å². The lowest BCUT2D eigenvalue weighted by atomic mass is 9.80. The van der Waals surface area contributed by atoms with Gasteiger partial charge in [0.1, 0.15) is 5.82 Å². The molecule has 0 amide bonds. The molecule has 0 unspecified atom stereocenters. The largest absolute Gasteiger partial charge is 0.376 e. The summed E-state index contributed by atoms with van der Waals surface area (Å²) >= 11 is 0. The molecule has 0 radical (unpaired) electrons. The van der Waals surface area contributed by atoms with Crippen LogP contribution >= 0.6 is 0 Å². The van der Waals surface area contributed by atoms with Crippen LogP contribution in [0.15, 0.2) is 24.3 Å². The number of hydrogen-bond donors (Lipinski definition) is 0. The number of anilines is 2. The number of tetrazole rings is 1. The molecular formula is C17H23FN6O. The summed E-state index contributed by atoms with van der Waals surface area (Å²) in [5, 5.41) is 12.3. The number of halogens is 1. The maximum atomic E-state index is 13.1. The lowest BCUT2D eigenvalue weighted by Crippen LogP contribution is -2.48. The Balaban J connectivity index is 1.41. The maximum Gasteiger partial charge on any atom is 0.245 e. The highest BCUT2D eigenvalue weighted by atomic mass is 19.1. The van der Waals surface area contributed by atoms with Crippen LogP contribution in [-0.4, -0.2) is 59.1 Å². The minimum Gasteiger partial charge on any atom is -0.376 e. The summed E-state index contributed by atoms with van der Waals surface area (Å²) in [6.45, 7) is 4.07. The van der Waals surface area contributed by atoms with E-state index in [1.54, 1.807) is 7.11 Å². The van der Waals surface area contributed by atoms with E-state index in [1.807, 2.05) is 16.8 Å². The second kappa shape index (κ2) is 6.59. The molecule has 1 saturated carbocycles. The first-order valence-electron chi connectivity index (χ1n) is 8.76. The van der Waals surface area contributed by atoms with Crippen LogP contribution < -0.4 is 9.80 Å². The van der Waals surface area contributed by atoms with Crippen LogP contribution in [0.1, 0.15) is 19.3 Å². The van der Waals surface area contributed by atoms with Gasteiger partial charge in [-0.25, -0.2) is 9.07 Å². The normalized spacial score (nSPS) is 19.8. The zero-order valence-corrected chi connectivity index (χ0v) is 14.4.